The van der Waals surface area contributed by atoms with E-state index < -0.39 is 19.3 Å². The Morgan fingerprint density at radius 1 is 1.45 bits per heavy atom. The molecule has 0 radical (unpaired) electrons. The Hall–Kier alpha value is -2.40. The van der Waals surface area contributed by atoms with Crippen molar-refractivity contribution in [1.29, 1.82) is 5.26 Å². The monoisotopic (exact) mass is 320 g/mol. The first-order valence-electron chi connectivity index (χ1n) is 6.93. The van der Waals surface area contributed by atoms with E-state index in [0.717, 1.165) is 0 Å². The van der Waals surface area contributed by atoms with E-state index in [4.69, 9.17) is 9.69 Å². The Labute approximate surface area is 130 Å². The molecule has 0 saturated heterocycles. The first-order chi connectivity index (χ1) is 10.3. The SMILES string of the molecule is CCC(C#N)N/N=C(\O[Si](C)(C)C)c1ccc([N+](=O)[O-])cc1. The smallest absolute Gasteiger partial charge is 0.269 e. The van der Waals surface area contributed by atoms with Crippen LogP contribution in [0.4, 0.5) is 5.69 Å². The number of hydrogen-bond donors (Lipinski definition) is 1. The summed E-state index contributed by atoms with van der Waals surface area (Å²) in [7, 11) is -1.92. The van der Waals surface area contributed by atoms with Gasteiger partial charge in [-0.25, -0.2) is 0 Å². The highest BCUT2D eigenvalue weighted by molar-refractivity contribution is 6.71. The van der Waals surface area contributed by atoms with Crippen LogP contribution in [0.1, 0.15) is 18.9 Å². The maximum Gasteiger partial charge on any atom is 0.269 e. The molecule has 0 saturated carbocycles. The highest BCUT2D eigenvalue weighted by Crippen LogP contribution is 2.15. The lowest BCUT2D eigenvalue weighted by Crippen LogP contribution is -2.32. The largest absolute Gasteiger partial charge is 0.530 e. The van der Waals surface area contributed by atoms with Gasteiger partial charge in [-0.1, -0.05) is 6.92 Å². The molecule has 1 unspecified atom stereocenters. The lowest BCUT2D eigenvalue weighted by molar-refractivity contribution is -0.384. The molecular formula is C14H20N4O3Si. The fourth-order valence-corrected chi connectivity index (χ4v) is 2.25. The number of rotatable bonds is 6. The van der Waals surface area contributed by atoms with Gasteiger partial charge >= 0.3 is 0 Å². The maximum atomic E-state index is 10.7. The van der Waals surface area contributed by atoms with E-state index in [2.05, 4.69) is 16.6 Å². The Balaban J connectivity index is 3.06. The molecule has 0 aromatic heterocycles. The van der Waals surface area contributed by atoms with Crippen LogP contribution in [0.15, 0.2) is 29.4 Å². The van der Waals surface area contributed by atoms with Gasteiger partial charge < -0.3 is 4.43 Å². The molecule has 8 heteroatoms. The van der Waals surface area contributed by atoms with Gasteiger partial charge in [-0.05, 0) is 38.2 Å². The molecule has 118 valence electrons. The average molecular weight is 320 g/mol. The van der Waals surface area contributed by atoms with Gasteiger partial charge in [0.05, 0.1) is 11.0 Å². The van der Waals surface area contributed by atoms with Crippen molar-refractivity contribution in [2.45, 2.75) is 39.0 Å². The number of nitro groups is 1. The second kappa shape index (κ2) is 7.56. The lowest BCUT2D eigenvalue weighted by Gasteiger charge is -2.21. The molecule has 0 amide bonds. The summed E-state index contributed by atoms with van der Waals surface area (Å²) < 4.78 is 5.91. The number of nitrogens with one attached hydrogen (secondary N) is 1. The summed E-state index contributed by atoms with van der Waals surface area (Å²) >= 11 is 0. The summed E-state index contributed by atoms with van der Waals surface area (Å²) in [6.07, 6.45) is 0.612. The molecule has 1 aromatic carbocycles. The van der Waals surface area contributed by atoms with Crippen LogP contribution in [0.3, 0.4) is 0 Å². The van der Waals surface area contributed by atoms with E-state index in [1.54, 1.807) is 12.1 Å². The van der Waals surface area contributed by atoms with Gasteiger partial charge in [0.1, 0.15) is 6.04 Å². The molecule has 1 aromatic rings. The van der Waals surface area contributed by atoms with Crippen LogP contribution in [0.25, 0.3) is 0 Å². The standard InChI is InChI=1S/C14H20N4O3Si/c1-5-12(10-15)16-17-14(21-22(2,3)4)11-6-8-13(9-7-11)18(19)20/h6-9,12,16H,5H2,1-4H3/b17-14-. The normalized spacial score (nSPS) is 13.1. The predicted molar refractivity (Wildman–Crippen MR) is 86.9 cm³/mol. The third kappa shape index (κ3) is 5.53. The van der Waals surface area contributed by atoms with Crippen LogP contribution >= 0.6 is 0 Å². The summed E-state index contributed by atoms with van der Waals surface area (Å²) in [5, 5.41) is 23.8. The van der Waals surface area contributed by atoms with Crippen LogP contribution in [-0.4, -0.2) is 25.2 Å². The van der Waals surface area contributed by atoms with E-state index in [9.17, 15) is 10.1 Å². The highest BCUT2D eigenvalue weighted by atomic mass is 28.4. The molecule has 0 bridgehead atoms. The molecular weight excluding hydrogens is 300 g/mol. The van der Waals surface area contributed by atoms with Gasteiger partial charge in [-0.3, -0.25) is 15.5 Å². The zero-order valence-corrected chi connectivity index (χ0v) is 14.2. The van der Waals surface area contributed by atoms with Crippen LogP contribution in [0.2, 0.25) is 19.6 Å². The molecule has 0 heterocycles. The third-order valence-electron chi connectivity index (χ3n) is 2.61. The van der Waals surface area contributed by atoms with Crippen molar-refractivity contribution >= 4 is 19.9 Å². The van der Waals surface area contributed by atoms with Crippen molar-refractivity contribution in [2.75, 3.05) is 0 Å². The Morgan fingerprint density at radius 2 is 2.05 bits per heavy atom. The molecule has 0 fully saturated rings. The average Bonchev–Trinajstić information content (AvgIpc) is 2.46. The van der Waals surface area contributed by atoms with Gasteiger partial charge in [0.15, 0.2) is 0 Å². The van der Waals surface area contributed by atoms with Gasteiger partial charge in [-0.15, -0.1) is 5.10 Å². The summed E-state index contributed by atoms with van der Waals surface area (Å²) in [6, 6.07) is 7.67. The van der Waals surface area contributed by atoms with E-state index >= 15 is 0 Å². The van der Waals surface area contributed by atoms with Crippen LogP contribution in [-0.2, 0) is 4.43 Å². The van der Waals surface area contributed by atoms with Crippen LogP contribution in [0.5, 0.6) is 0 Å². The second-order valence-corrected chi connectivity index (χ2v) is 10.1. The van der Waals surface area contributed by atoms with Gasteiger partial charge in [0, 0.05) is 17.7 Å². The maximum absolute atomic E-state index is 10.7. The Kier molecular flexibility index (Phi) is 6.07. The summed E-state index contributed by atoms with van der Waals surface area (Å²) in [6.45, 7) is 7.90. The van der Waals surface area contributed by atoms with Crippen molar-refractivity contribution in [3.05, 3.63) is 39.9 Å². The molecule has 0 aliphatic carbocycles. The summed E-state index contributed by atoms with van der Waals surface area (Å²) in [4.78, 5) is 10.2. The van der Waals surface area contributed by atoms with E-state index in [1.165, 1.54) is 12.1 Å². The molecule has 0 aliphatic heterocycles. The van der Waals surface area contributed by atoms with Gasteiger partial charge in [0.25, 0.3) is 5.69 Å². The molecule has 1 N–H and O–H groups in total. The lowest BCUT2D eigenvalue weighted by atomic mass is 10.2. The fraction of sp³-hybridized carbons (Fsp3) is 0.429. The van der Waals surface area contributed by atoms with Gasteiger partial charge in [0.2, 0.25) is 14.2 Å². The predicted octanol–water partition coefficient (Wildman–Crippen LogP) is 3.00. The number of benzene rings is 1. The minimum atomic E-state index is -1.92. The number of non-ortho nitro benzene ring substituents is 1. The number of hydrogen-bond acceptors (Lipinski definition) is 6. The number of nitrogens with zero attached hydrogens (tertiary/aromatic N) is 3. The second-order valence-electron chi connectivity index (χ2n) is 5.65. The van der Waals surface area contributed by atoms with Crippen LogP contribution < -0.4 is 5.43 Å². The summed E-state index contributed by atoms with van der Waals surface area (Å²) in [5.74, 6) is 0.350. The summed E-state index contributed by atoms with van der Waals surface area (Å²) in [5.41, 5.74) is 3.41. The number of nitriles is 1. The first-order valence-corrected chi connectivity index (χ1v) is 10.3. The highest BCUT2D eigenvalue weighted by Gasteiger charge is 2.21. The molecule has 7 nitrogen and oxygen atoms in total. The van der Waals surface area contributed by atoms with Crippen molar-refractivity contribution < 1.29 is 9.35 Å². The zero-order chi connectivity index (χ0) is 16.8. The van der Waals surface area contributed by atoms with Crippen molar-refractivity contribution in [3.8, 4) is 6.07 Å². The van der Waals surface area contributed by atoms with E-state index in [1.807, 2.05) is 26.6 Å². The van der Waals surface area contributed by atoms with E-state index in [-0.39, 0.29) is 5.69 Å². The molecule has 1 rings (SSSR count). The van der Waals surface area contributed by atoms with Crippen molar-refractivity contribution in [3.63, 3.8) is 0 Å². The minimum absolute atomic E-state index is 0.00697. The van der Waals surface area contributed by atoms with Gasteiger partial charge in [-0.2, -0.15) is 5.26 Å². The number of hydrazone groups is 1. The van der Waals surface area contributed by atoms with Crippen molar-refractivity contribution in [2.24, 2.45) is 5.10 Å². The minimum Gasteiger partial charge on any atom is -0.530 e. The quantitative estimate of drug-likeness (QED) is 0.285. The molecule has 0 aliphatic rings. The number of nitro benzene ring substituents is 1. The van der Waals surface area contributed by atoms with Crippen molar-refractivity contribution in [1.82, 2.24) is 5.43 Å². The Bertz CT molecular complexity index is 588. The fourth-order valence-electron chi connectivity index (χ4n) is 1.51. The Morgan fingerprint density at radius 3 is 2.45 bits per heavy atom. The zero-order valence-electron chi connectivity index (χ0n) is 13.2. The topological polar surface area (TPSA) is 101 Å². The molecule has 0 spiro atoms. The van der Waals surface area contributed by atoms with Crippen LogP contribution in [0, 0.1) is 21.4 Å². The first kappa shape index (κ1) is 17.6. The van der Waals surface area contributed by atoms with E-state index in [0.29, 0.717) is 17.9 Å². The third-order valence-corrected chi connectivity index (χ3v) is 3.42. The molecule has 1 atom stereocenters. The molecule has 22 heavy (non-hydrogen) atoms.